The Kier molecular flexibility index (Phi) is 7.69. The molecule has 1 aromatic rings. The lowest BCUT2D eigenvalue weighted by Crippen LogP contribution is -2.53. The van der Waals surface area contributed by atoms with Crippen molar-refractivity contribution in [3.05, 3.63) is 41.5 Å². The van der Waals surface area contributed by atoms with Crippen LogP contribution in [0.5, 0.6) is 0 Å². The molecule has 2 aliphatic rings. The largest absolute Gasteiger partial charge is 0.450 e. The highest BCUT2D eigenvalue weighted by atomic mass is 16.6. The molecule has 0 saturated carbocycles. The summed E-state index contributed by atoms with van der Waals surface area (Å²) < 4.78 is 5.05. The lowest BCUT2D eigenvalue weighted by atomic mass is 9.94. The van der Waals surface area contributed by atoms with E-state index >= 15 is 0 Å². The third-order valence-corrected chi connectivity index (χ3v) is 5.74. The Hall–Kier alpha value is -2.34. The van der Waals surface area contributed by atoms with E-state index in [0.29, 0.717) is 32.8 Å². The average Bonchev–Trinajstić information content (AvgIpc) is 2.75. The number of hydrogen-bond donors (Lipinski definition) is 0. The predicted molar refractivity (Wildman–Crippen MR) is 114 cm³/mol. The molecule has 2 amide bonds. The molecular formula is C23H33N3O3. The maximum absolute atomic E-state index is 12.9. The summed E-state index contributed by atoms with van der Waals surface area (Å²) in [5, 5.41) is 0. The normalized spacial score (nSPS) is 19.3. The number of carbonyl (C=O) groups is 2. The molecular weight excluding hydrogens is 366 g/mol. The second-order valence-corrected chi connectivity index (χ2v) is 7.96. The van der Waals surface area contributed by atoms with E-state index in [9.17, 15) is 9.59 Å². The second-order valence-electron chi connectivity index (χ2n) is 7.96. The molecule has 0 aliphatic carbocycles. The summed E-state index contributed by atoms with van der Waals surface area (Å²) in [7, 11) is 0. The van der Waals surface area contributed by atoms with Crippen molar-refractivity contribution in [1.29, 1.82) is 0 Å². The van der Waals surface area contributed by atoms with Gasteiger partial charge in [-0.3, -0.25) is 9.69 Å². The maximum atomic E-state index is 12.9. The molecule has 158 valence electrons. The standard InChI is InChI=1S/C23H33N3O3/c1-3-29-23(28)26-15-13-25(14-16-26)22(27)21-9-11-24(12-10-21)18-19(2)17-20-7-5-4-6-8-20/h4-8,17,21H,3,9-16,18H2,1-2H3. The molecule has 2 aliphatic heterocycles. The lowest BCUT2D eigenvalue weighted by molar-refractivity contribution is -0.138. The first-order chi connectivity index (χ1) is 14.1. The van der Waals surface area contributed by atoms with Crippen LogP contribution in [0.2, 0.25) is 0 Å². The number of nitrogens with zero attached hydrogens (tertiary/aromatic N) is 3. The minimum absolute atomic E-state index is 0.110. The van der Waals surface area contributed by atoms with Crippen LogP contribution in [-0.4, -0.2) is 79.1 Å². The van der Waals surface area contributed by atoms with Gasteiger partial charge in [-0.25, -0.2) is 4.79 Å². The minimum Gasteiger partial charge on any atom is -0.450 e. The topological polar surface area (TPSA) is 53.1 Å². The fourth-order valence-electron chi connectivity index (χ4n) is 4.15. The Labute approximate surface area is 174 Å². The van der Waals surface area contributed by atoms with Gasteiger partial charge in [0, 0.05) is 38.6 Å². The van der Waals surface area contributed by atoms with Crippen molar-refractivity contribution in [3.8, 4) is 0 Å². The quantitative estimate of drug-likeness (QED) is 0.764. The zero-order valence-corrected chi connectivity index (χ0v) is 17.7. The molecule has 1 aromatic carbocycles. The third kappa shape index (κ3) is 6.07. The molecule has 2 fully saturated rings. The monoisotopic (exact) mass is 399 g/mol. The Morgan fingerprint density at radius 3 is 2.24 bits per heavy atom. The van der Waals surface area contributed by atoms with Crippen molar-refractivity contribution < 1.29 is 14.3 Å². The molecule has 0 radical (unpaired) electrons. The van der Waals surface area contributed by atoms with Gasteiger partial charge in [0.1, 0.15) is 0 Å². The zero-order valence-electron chi connectivity index (χ0n) is 17.7. The first-order valence-electron chi connectivity index (χ1n) is 10.7. The average molecular weight is 400 g/mol. The van der Waals surface area contributed by atoms with Crippen molar-refractivity contribution in [1.82, 2.24) is 14.7 Å². The Morgan fingerprint density at radius 1 is 1.00 bits per heavy atom. The molecule has 6 nitrogen and oxygen atoms in total. The Balaban J connectivity index is 1.42. The van der Waals surface area contributed by atoms with E-state index in [4.69, 9.17) is 4.74 Å². The van der Waals surface area contributed by atoms with E-state index in [1.165, 1.54) is 11.1 Å². The molecule has 2 heterocycles. The number of ether oxygens (including phenoxy) is 1. The molecule has 0 spiro atoms. The van der Waals surface area contributed by atoms with E-state index in [-0.39, 0.29) is 17.9 Å². The van der Waals surface area contributed by atoms with Crippen LogP contribution in [0.25, 0.3) is 6.08 Å². The summed E-state index contributed by atoms with van der Waals surface area (Å²) >= 11 is 0. The number of carbonyl (C=O) groups excluding carboxylic acids is 2. The summed E-state index contributed by atoms with van der Waals surface area (Å²) in [6, 6.07) is 10.4. The van der Waals surface area contributed by atoms with Gasteiger partial charge in [-0.2, -0.15) is 0 Å². The number of rotatable bonds is 5. The van der Waals surface area contributed by atoms with E-state index in [2.05, 4.69) is 42.2 Å². The van der Waals surface area contributed by atoms with Crippen LogP contribution in [0, 0.1) is 5.92 Å². The van der Waals surface area contributed by atoms with Crippen LogP contribution in [0.4, 0.5) is 4.79 Å². The molecule has 6 heteroatoms. The number of benzene rings is 1. The molecule has 2 saturated heterocycles. The van der Waals surface area contributed by atoms with Gasteiger partial charge in [0.15, 0.2) is 0 Å². The predicted octanol–water partition coefficient (Wildman–Crippen LogP) is 3.10. The van der Waals surface area contributed by atoms with Crippen LogP contribution in [0.15, 0.2) is 35.9 Å². The summed E-state index contributed by atoms with van der Waals surface area (Å²) in [4.78, 5) is 30.8. The smallest absolute Gasteiger partial charge is 0.409 e. The summed E-state index contributed by atoms with van der Waals surface area (Å²) in [6.07, 6.45) is 3.79. The van der Waals surface area contributed by atoms with E-state index in [0.717, 1.165) is 32.5 Å². The van der Waals surface area contributed by atoms with Crippen molar-refractivity contribution >= 4 is 18.1 Å². The zero-order chi connectivity index (χ0) is 20.6. The van der Waals surface area contributed by atoms with Gasteiger partial charge in [0.2, 0.25) is 5.91 Å². The summed E-state index contributed by atoms with van der Waals surface area (Å²) in [5.41, 5.74) is 2.58. The molecule has 0 atom stereocenters. The van der Waals surface area contributed by atoms with Gasteiger partial charge >= 0.3 is 6.09 Å². The first kappa shape index (κ1) is 21.4. The second kappa shape index (κ2) is 10.4. The number of amides is 2. The minimum atomic E-state index is -0.271. The SMILES string of the molecule is CCOC(=O)N1CCN(C(=O)C2CCN(CC(C)=Cc3ccccc3)CC2)CC1. The van der Waals surface area contributed by atoms with Crippen LogP contribution in [0.3, 0.4) is 0 Å². The van der Waals surface area contributed by atoms with Gasteiger partial charge in [0.25, 0.3) is 0 Å². The van der Waals surface area contributed by atoms with Crippen LogP contribution in [0.1, 0.15) is 32.3 Å². The Morgan fingerprint density at radius 2 is 1.62 bits per heavy atom. The van der Waals surface area contributed by atoms with Gasteiger partial charge < -0.3 is 14.5 Å². The highest BCUT2D eigenvalue weighted by Gasteiger charge is 2.31. The fraction of sp³-hybridized carbons (Fsp3) is 0.565. The fourth-order valence-corrected chi connectivity index (χ4v) is 4.15. The van der Waals surface area contributed by atoms with E-state index in [1.54, 1.807) is 4.90 Å². The van der Waals surface area contributed by atoms with Gasteiger partial charge in [-0.05, 0) is 45.3 Å². The summed E-state index contributed by atoms with van der Waals surface area (Å²) in [5.74, 6) is 0.364. The van der Waals surface area contributed by atoms with Gasteiger partial charge in [-0.15, -0.1) is 0 Å². The highest BCUT2D eigenvalue weighted by molar-refractivity contribution is 5.79. The number of hydrogen-bond acceptors (Lipinski definition) is 4. The van der Waals surface area contributed by atoms with Crippen LogP contribution in [-0.2, 0) is 9.53 Å². The molecule has 3 rings (SSSR count). The molecule has 0 unspecified atom stereocenters. The van der Waals surface area contributed by atoms with Crippen molar-refractivity contribution in [2.45, 2.75) is 26.7 Å². The van der Waals surface area contributed by atoms with E-state index < -0.39 is 0 Å². The van der Waals surface area contributed by atoms with E-state index in [1.807, 2.05) is 17.9 Å². The number of likely N-dealkylation sites (tertiary alicyclic amines) is 1. The first-order valence-corrected chi connectivity index (χ1v) is 10.7. The Bertz CT molecular complexity index is 703. The summed E-state index contributed by atoms with van der Waals surface area (Å²) in [6.45, 7) is 9.58. The number of piperazine rings is 1. The van der Waals surface area contributed by atoms with Crippen LogP contribution >= 0.6 is 0 Å². The van der Waals surface area contributed by atoms with Crippen molar-refractivity contribution in [2.24, 2.45) is 5.92 Å². The van der Waals surface area contributed by atoms with Crippen molar-refractivity contribution in [2.75, 3.05) is 52.4 Å². The highest BCUT2D eigenvalue weighted by Crippen LogP contribution is 2.22. The van der Waals surface area contributed by atoms with Gasteiger partial charge in [-0.1, -0.05) is 42.0 Å². The molecule has 0 aromatic heterocycles. The van der Waals surface area contributed by atoms with Crippen LogP contribution < -0.4 is 0 Å². The molecule has 29 heavy (non-hydrogen) atoms. The van der Waals surface area contributed by atoms with Crippen molar-refractivity contribution in [3.63, 3.8) is 0 Å². The lowest BCUT2D eigenvalue weighted by Gasteiger charge is -2.38. The maximum Gasteiger partial charge on any atom is 0.409 e. The molecule has 0 N–H and O–H groups in total. The van der Waals surface area contributed by atoms with Gasteiger partial charge in [0.05, 0.1) is 6.61 Å². The number of piperidine rings is 1. The molecule has 0 bridgehead atoms. The third-order valence-electron chi connectivity index (χ3n) is 5.74.